The average molecular weight is 653 g/mol. The van der Waals surface area contributed by atoms with Crippen molar-refractivity contribution >= 4 is 32.2 Å². The van der Waals surface area contributed by atoms with Crippen molar-refractivity contribution in [2.45, 2.75) is 24.7 Å². The van der Waals surface area contributed by atoms with Gasteiger partial charge in [0.25, 0.3) is 5.56 Å². The van der Waals surface area contributed by atoms with Crippen LogP contribution in [0.4, 0.5) is 5.82 Å². The third-order valence-corrected chi connectivity index (χ3v) is 9.39. The molecule has 43 heavy (non-hydrogen) atoms. The van der Waals surface area contributed by atoms with Crippen LogP contribution in [0.1, 0.15) is 12.5 Å². The van der Waals surface area contributed by atoms with Crippen LogP contribution in [-0.2, 0) is 27.7 Å². The van der Waals surface area contributed by atoms with Crippen LogP contribution in [0.15, 0.2) is 34.5 Å². The van der Waals surface area contributed by atoms with Crippen LogP contribution < -0.4 is 26.8 Å². The van der Waals surface area contributed by atoms with E-state index in [0.717, 1.165) is 23.2 Å². The van der Waals surface area contributed by atoms with Crippen molar-refractivity contribution in [1.29, 1.82) is 0 Å². The second kappa shape index (κ2) is 15.2. The fourth-order valence-electron chi connectivity index (χ4n) is 3.53. The van der Waals surface area contributed by atoms with Gasteiger partial charge in [-0.05, 0) is 0 Å². The van der Waals surface area contributed by atoms with Gasteiger partial charge in [-0.2, -0.15) is 0 Å². The summed E-state index contributed by atoms with van der Waals surface area (Å²) in [4.78, 5) is 61.6. The Balaban J connectivity index is 1.57. The van der Waals surface area contributed by atoms with Crippen LogP contribution in [0, 0.1) is 0 Å². The highest BCUT2D eigenvalue weighted by molar-refractivity contribution is 7.69. The second-order valence-electron chi connectivity index (χ2n) is 8.71. The second-order valence-corrected chi connectivity index (χ2v) is 12.8. The predicted molar refractivity (Wildman–Crippen MR) is 139 cm³/mol. The number of nitrogens with one attached hydrogen (secondary N) is 1. The van der Waals surface area contributed by atoms with Crippen LogP contribution in [0.3, 0.4) is 0 Å². The maximum absolute atomic E-state index is 12.4. The number of aromatic amines is 1. The molecule has 0 amide bonds. The minimum absolute atomic E-state index is 0.0494. The number of nitrogens with two attached hydrogens (primary N) is 1. The molecule has 0 radical (unpaired) electrons. The first kappa shape index (κ1) is 34.6. The Morgan fingerprint density at radius 2 is 1.44 bits per heavy atom. The van der Waals surface area contributed by atoms with Crippen LogP contribution in [0.5, 0.6) is 0 Å². The number of aromatic nitrogens is 6. The lowest BCUT2D eigenvalue weighted by atomic mass is 10.4. The molecular formula is C20H29N7O14P2-2. The number of aliphatic hydroxyl groups is 4. The van der Waals surface area contributed by atoms with Crippen LogP contribution in [-0.4, -0.2) is 107 Å². The number of hydrogen-bond acceptors (Lipinski definition) is 18. The maximum atomic E-state index is 12.4. The molecule has 0 bridgehead atoms. The van der Waals surface area contributed by atoms with E-state index in [4.69, 9.17) is 19.7 Å². The van der Waals surface area contributed by atoms with E-state index in [2.05, 4.69) is 19.5 Å². The normalized spacial score (nSPS) is 17.6. The standard InChI is InChI=1S/C20H31N7O14P2/c21-18-17-19(23-9-22-18)27(10-24-17)16(6-31)41-13(4-29)8-39-43(36,37)11-42(34,35)38-7-12(3-28)40-15(5-30)26-2-1-14(32)25-20(26)33/h1-2,9-10,12-13,15-16,28-31H,3-8,11H2,(H,34,35)(H,36,37)(H2,21,22,23)(H,25,32,33)/p-2/t12-,13-,15+,16+/m0/s1. The minimum Gasteiger partial charge on any atom is -0.778 e. The molecule has 0 saturated heterocycles. The van der Waals surface area contributed by atoms with Crippen molar-refractivity contribution in [1.82, 2.24) is 29.1 Å². The first-order valence-electron chi connectivity index (χ1n) is 12.2. The van der Waals surface area contributed by atoms with Gasteiger partial charge in [-0.15, -0.1) is 0 Å². The number of anilines is 1. The van der Waals surface area contributed by atoms with E-state index in [1.807, 2.05) is 4.98 Å². The first-order valence-corrected chi connectivity index (χ1v) is 15.7. The van der Waals surface area contributed by atoms with Gasteiger partial charge < -0.3 is 63.6 Å². The number of nitrogen functional groups attached to an aromatic ring is 1. The molecule has 7 N–H and O–H groups in total. The van der Waals surface area contributed by atoms with E-state index in [-0.39, 0.29) is 17.0 Å². The SMILES string of the molecule is Nc1ncnc2c1ncn2[C@@H](CO)O[C@@H](CO)COP(=O)([O-])CP(=O)([O-])OC[C@H](CO)O[C@H](CO)n1ccc(=O)[nH]c1=O. The van der Waals surface area contributed by atoms with Gasteiger partial charge in [-0.1, -0.05) is 0 Å². The molecule has 0 aliphatic rings. The van der Waals surface area contributed by atoms with Crippen molar-refractivity contribution in [3.8, 4) is 0 Å². The minimum atomic E-state index is -5.20. The molecule has 0 aliphatic heterocycles. The molecular weight excluding hydrogens is 624 g/mol. The van der Waals surface area contributed by atoms with Gasteiger partial charge in [0.1, 0.15) is 39.2 Å². The van der Waals surface area contributed by atoms with Gasteiger partial charge in [0, 0.05) is 12.3 Å². The number of hydrogen-bond donors (Lipinski definition) is 6. The molecule has 0 spiro atoms. The highest BCUT2D eigenvalue weighted by Gasteiger charge is 2.26. The quantitative estimate of drug-likeness (QED) is 0.0708. The molecule has 3 rings (SSSR count). The Morgan fingerprint density at radius 1 is 0.884 bits per heavy atom. The lowest BCUT2D eigenvalue weighted by Gasteiger charge is -2.33. The summed E-state index contributed by atoms with van der Waals surface area (Å²) in [6.45, 7) is -4.94. The van der Waals surface area contributed by atoms with E-state index < -0.39 is 96.6 Å². The molecule has 240 valence electrons. The Morgan fingerprint density at radius 3 is 1.95 bits per heavy atom. The largest absolute Gasteiger partial charge is 0.778 e. The van der Waals surface area contributed by atoms with E-state index in [1.54, 1.807) is 0 Å². The molecule has 21 nitrogen and oxygen atoms in total. The Labute approximate surface area is 241 Å². The zero-order valence-electron chi connectivity index (χ0n) is 22.1. The van der Waals surface area contributed by atoms with Gasteiger partial charge in [0.15, 0.2) is 23.9 Å². The van der Waals surface area contributed by atoms with Crippen LogP contribution in [0.25, 0.3) is 11.2 Å². The topological polar surface area (TPSA) is 323 Å². The number of H-pyrrole nitrogens is 1. The van der Waals surface area contributed by atoms with Crippen LogP contribution >= 0.6 is 15.2 Å². The molecule has 0 fully saturated rings. The molecule has 0 aromatic carbocycles. The molecule has 23 heteroatoms. The summed E-state index contributed by atoms with van der Waals surface area (Å²) < 4.78 is 46.9. The summed E-state index contributed by atoms with van der Waals surface area (Å²) in [5, 5.41) is 38.5. The number of rotatable bonds is 18. The Kier molecular flexibility index (Phi) is 12.2. The number of fused-ring (bicyclic) bond motifs is 1. The molecule has 3 aromatic heterocycles. The average Bonchev–Trinajstić information content (AvgIpc) is 3.39. The summed E-state index contributed by atoms with van der Waals surface area (Å²) in [5.41, 5.74) is 4.40. The first-order chi connectivity index (χ1) is 20.3. The van der Waals surface area contributed by atoms with Crippen LogP contribution in [0.2, 0.25) is 0 Å². The van der Waals surface area contributed by atoms with Crippen molar-refractivity contribution < 1.29 is 57.9 Å². The van der Waals surface area contributed by atoms with Gasteiger partial charge in [-0.3, -0.25) is 18.9 Å². The zero-order chi connectivity index (χ0) is 31.8. The third-order valence-electron chi connectivity index (χ3n) is 5.54. The van der Waals surface area contributed by atoms with E-state index in [1.165, 1.54) is 10.9 Å². The Bertz CT molecular complexity index is 1560. The molecule has 0 aliphatic carbocycles. The molecule has 0 saturated carbocycles. The highest BCUT2D eigenvalue weighted by Crippen LogP contribution is 2.53. The zero-order valence-corrected chi connectivity index (χ0v) is 23.9. The van der Waals surface area contributed by atoms with Crippen molar-refractivity contribution in [2.75, 3.05) is 51.3 Å². The number of imidazole rings is 1. The van der Waals surface area contributed by atoms with Gasteiger partial charge in [-0.25, -0.2) is 19.7 Å². The summed E-state index contributed by atoms with van der Waals surface area (Å²) in [6, 6.07) is 0.955. The molecule has 2 unspecified atom stereocenters. The number of aliphatic hydroxyl groups excluding tert-OH is 4. The third kappa shape index (κ3) is 9.54. The van der Waals surface area contributed by atoms with Crippen molar-refractivity contribution in [3.63, 3.8) is 0 Å². The summed E-state index contributed by atoms with van der Waals surface area (Å²) in [5.74, 6) is -1.58. The number of ether oxygens (including phenoxy) is 2. The Hall–Kier alpha value is -2.91. The van der Waals surface area contributed by atoms with E-state index in [9.17, 15) is 48.9 Å². The number of nitrogens with zero attached hydrogens (tertiary/aromatic N) is 5. The molecule has 6 atom stereocenters. The summed E-state index contributed by atoms with van der Waals surface area (Å²) in [7, 11) is -10.4. The molecule has 3 aromatic rings. The summed E-state index contributed by atoms with van der Waals surface area (Å²) >= 11 is 0. The van der Waals surface area contributed by atoms with E-state index in [0.29, 0.717) is 0 Å². The maximum Gasteiger partial charge on any atom is 0.330 e. The monoisotopic (exact) mass is 653 g/mol. The lowest BCUT2D eigenvalue weighted by molar-refractivity contribution is -0.212. The highest BCUT2D eigenvalue weighted by atomic mass is 31.2. The molecule has 3 heterocycles. The van der Waals surface area contributed by atoms with Gasteiger partial charge in [0.05, 0.1) is 51.9 Å². The van der Waals surface area contributed by atoms with Crippen molar-refractivity contribution in [2.24, 2.45) is 0 Å². The lowest BCUT2D eigenvalue weighted by Crippen LogP contribution is -2.37. The predicted octanol–water partition coefficient (Wildman–Crippen LogP) is -4.21. The smallest absolute Gasteiger partial charge is 0.330 e. The van der Waals surface area contributed by atoms with E-state index >= 15 is 0 Å². The van der Waals surface area contributed by atoms with Gasteiger partial charge in [0.2, 0.25) is 0 Å². The fraction of sp³-hybridized carbons (Fsp3) is 0.550. The van der Waals surface area contributed by atoms with Crippen molar-refractivity contribution in [3.05, 3.63) is 45.8 Å². The summed E-state index contributed by atoms with van der Waals surface area (Å²) in [6.07, 6.45) is -2.18. The fourth-order valence-corrected chi connectivity index (χ4v) is 6.67. The van der Waals surface area contributed by atoms with Gasteiger partial charge >= 0.3 is 5.69 Å².